The molecule has 146 valence electrons. The van der Waals surface area contributed by atoms with Gasteiger partial charge >= 0.3 is 0 Å². The summed E-state index contributed by atoms with van der Waals surface area (Å²) in [7, 11) is 0. The summed E-state index contributed by atoms with van der Waals surface area (Å²) < 4.78 is 30.4. The van der Waals surface area contributed by atoms with Gasteiger partial charge in [0.15, 0.2) is 0 Å². The maximum Gasteiger partial charge on any atom is 0.216 e. The Morgan fingerprint density at radius 3 is 2.96 bits per heavy atom. The van der Waals surface area contributed by atoms with Crippen LogP contribution in [-0.4, -0.2) is 42.4 Å². The molecule has 1 N–H and O–H groups in total. The Balaban J connectivity index is 1.40. The predicted octanol–water partition coefficient (Wildman–Crippen LogP) is 2.17. The predicted molar refractivity (Wildman–Crippen MR) is 94.8 cm³/mol. The number of phenols is 1. The minimum Gasteiger partial charge on any atom is -0.508 e. The van der Waals surface area contributed by atoms with Crippen molar-refractivity contribution >= 4 is 0 Å². The fraction of sp³-hybridized carbons (Fsp3) is 0.421. The Bertz CT molecular complexity index is 972. The van der Waals surface area contributed by atoms with Crippen LogP contribution < -0.4 is 0 Å². The molecule has 0 bridgehead atoms. The molecule has 1 saturated heterocycles. The number of phenolic OH excluding ortho intramolecular Hbond substituents is 1. The van der Waals surface area contributed by atoms with Gasteiger partial charge in [-0.1, -0.05) is 5.21 Å². The lowest BCUT2D eigenvalue weighted by Crippen LogP contribution is -2.35. The molecule has 2 fully saturated rings. The Morgan fingerprint density at radius 2 is 2.21 bits per heavy atom. The standard InChI is InChI=1S/C19H20FN5O3/c20-17-7-14(26)3-4-16(17)19(11-24-6-5-21-12-24)27-10-15(28-19)8-25-9-18(22-23-25)13-1-2-13/h3-7,9,12-13,15,26H,1-2,8,10-11H2/t15-,19-/m0/s1. The topological polar surface area (TPSA) is 87.2 Å². The first kappa shape index (κ1) is 17.3. The fourth-order valence-electron chi connectivity index (χ4n) is 3.58. The van der Waals surface area contributed by atoms with Crippen molar-refractivity contribution in [1.29, 1.82) is 0 Å². The quantitative estimate of drug-likeness (QED) is 0.700. The molecule has 9 heteroatoms. The zero-order valence-corrected chi connectivity index (χ0v) is 15.1. The number of ether oxygens (including phenoxy) is 2. The van der Waals surface area contributed by atoms with E-state index in [1.165, 1.54) is 12.1 Å². The van der Waals surface area contributed by atoms with Crippen LogP contribution in [0.5, 0.6) is 5.75 Å². The van der Waals surface area contributed by atoms with E-state index in [9.17, 15) is 9.50 Å². The van der Waals surface area contributed by atoms with E-state index in [2.05, 4.69) is 15.3 Å². The number of halogens is 1. The number of hydrogen-bond acceptors (Lipinski definition) is 6. The summed E-state index contributed by atoms with van der Waals surface area (Å²) in [5, 5.41) is 18.0. The Hall–Kier alpha value is -2.78. The van der Waals surface area contributed by atoms with Crippen LogP contribution in [0.15, 0.2) is 43.1 Å². The molecule has 2 aromatic heterocycles. The number of hydrogen-bond donors (Lipinski definition) is 1. The van der Waals surface area contributed by atoms with Crippen molar-refractivity contribution in [3.8, 4) is 5.75 Å². The van der Waals surface area contributed by atoms with Crippen molar-refractivity contribution in [1.82, 2.24) is 24.5 Å². The molecule has 5 rings (SSSR count). The van der Waals surface area contributed by atoms with Gasteiger partial charge in [-0.2, -0.15) is 0 Å². The van der Waals surface area contributed by atoms with Crippen molar-refractivity contribution in [2.24, 2.45) is 0 Å². The third kappa shape index (κ3) is 3.27. The summed E-state index contributed by atoms with van der Waals surface area (Å²) in [6, 6.07) is 3.97. The normalized spacial score (nSPS) is 24.7. The molecule has 1 aliphatic carbocycles. The van der Waals surface area contributed by atoms with Crippen LogP contribution in [0.25, 0.3) is 0 Å². The van der Waals surface area contributed by atoms with Crippen molar-refractivity contribution in [3.05, 3.63) is 60.2 Å². The summed E-state index contributed by atoms with van der Waals surface area (Å²) in [6.45, 7) is 0.981. The second kappa shape index (κ2) is 6.68. The largest absolute Gasteiger partial charge is 0.508 e. The van der Waals surface area contributed by atoms with Crippen molar-refractivity contribution in [2.75, 3.05) is 6.61 Å². The van der Waals surface area contributed by atoms with Gasteiger partial charge in [0.2, 0.25) is 5.79 Å². The fourth-order valence-corrected chi connectivity index (χ4v) is 3.58. The van der Waals surface area contributed by atoms with Gasteiger partial charge < -0.3 is 19.1 Å². The van der Waals surface area contributed by atoms with E-state index in [1.807, 2.05) is 6.20 Å². The molecule has 0 radical (unpaired) electrons. The molecule has 8 nitrogen and oxygen atoms in total. The Morgan fingerprint density at radius 1 is 1.32 bits per heavy atom. The number of benzene rings is 1. The molecular formula is C19H20FN5O3. The maximum atomic E-state index is 14.7. The molecule has 0 unspecified atom stereocenters. The van der Waals surface area contributed by atoms with Crippen LogP contribution in [0.1, 0.15) is 30.0 Å². The first-order valence-electron chi connectivity index (χ1n) is 9.28. The summed E-state index contributed by atoms with van der Waals surface area (Å²) in [5.41, 5.74) is 1.24. The molecule has 1 saturated carbocycles. The SMILES string of the molecule is Oc1ccc([C@@]2(Cn3ccnc3)OC[C@H](Cn3cc(C4CC4)nn3)O2)c(F)c1. The smallest absolute Gasteiger partial charge is 0.216 e. The molecule has 0 amide bonds. The highest BCUT2D eigenvalue weighted by atomic mass is 19.1. The highest BCUT2D eigenvalue weighted by molar-refractivity contribution is 5.31. The van der Waals surface area contributed by atoms with E-state index in [-0.39, 0.29) is 30.6 Å². The number of aromatic nitrogens is 5. The molecule has 2 atom stereocenters. The molecule has 3 aromatic rings. The summed E-state index contributed by atoms with van der Waals surface area (Å²) in [6.07, 6.45) is 8.98. The maximum absolute atomic E-state index is 14.7. The third-order valence-electron chi connectivity index (χ3n) is 5.12. The number of rotatable bonds is 6. The molecule has 1 aromatic carbocycles. The number of imidazole rings is 1. The lowest BCUT2D eigenvalue weighted by atomic mass is 10.0. The van der Waals surface area contributed by atoms with Gasteiger partial charge in [0.05, 0.1) is 31.7 Å². The average Bonchev–Trinajstić information content (AvgIpc) is 3.05. The van der Waals surface area contributed by atoms with Gasteiger partial charge in [-0.05, 0) is 25.0 Å². The van der Waals surface area contributed by atoms with Crippen molar-refractivity contribution < 1.29 is 19.0 Å². The van der Waals surface area contributed by atoms with Crippen molar-refractivity contribution in [3.63, 3.8) is 0 Å². The van der Waals surface area contributed by atoms with Gasteiger partial charge in [-0.3, -0.25) is 0 Å². The summed E-state index contributed by atoms with van der Waals surface area (Å²) in [5.74, 6) is -1.52. The third-order valence-corrected chi connectivity index (χ3v) is 5.12. The minimum atomic E-state index is -1.32. The average molecular weight is 385 g/mol. The zero-order valence-electron chi connectivity index (χ0n) is 15.1. The number of aromatic hydroxyl groups is 1. The lowest BCUT2D eigenvalue weighted by molar-refractivity contribution is -0.190. The Kier molecular flexibility index (Phi) is 4.13. The summed E-state index contributed by atoms with van der Waals surface area (Å²) >= 11 is 0. The van der Waals surface area contributed by atoms with Crippen LogP contribution in [0.3, 0.4) is 0 Å². The van der Waals surface area contributed by atoms with Gasteiger partial charge in [0.1, 0.15) is 17.7 Å². The van der Waals surface area contributed by atoms with E-state index >= 15 is 0 Å². The van der Waals surface area contributed by atoms with E-state index in [0.29, 0.717) is 12.5 Å². The molecule has 0 spiro atoms. The first-order valence-corrected chi connectivity index (χ1v) is 9.28. The van der Waals surface area contributed by atoms with E-state index in [4.69, 9.17) is 9.47 Å². The van der Waals surface area contributed by atoms with Gasteiger partial charge in [-0.25, -0.2) is 14.1 Å². The van der Waals surface area contributed by atoms with Crippen LogP contribution in [0.2, 0.25) is 0 Å². The van der Waals surface area contributed by atoms with Gasteiger partial charge in [-0.15, -0.1) is 5.10 Å². The Labute approximate surface area is 160 Å². The van der Waals surface area contributed by atoms with Crippen LogP contribution in [0.4, 0.5) is 4.39 Å². The highest BCUT2D eigenvalue weighted by Gasteiger charge is 2.45. The van der Waals surface area contributed by atoms with Crippen molar-refractivity contribution in [2.45, 2.75) is 43.7 Å². The number of nitrogens with zero attached hydrogens (tertiary/aromatic N) is 5. The first-order chi connectivity index (χ1) is 13.6. The van der Waals surface area contributed by atoms with Crippen LogP contribution >= 0.6 is 0 Å². The van der Waals surface area contributed by atoms with E-state index < -0.39 is 11.6 Å². The van der Waals surface area contributed by atoms with E-state index in [0.717, 1.165) is 24.6 Å². The highest BCUT2D eigenvalue weighted by Crippen LogP contribution is 2.40. The molecular weight excluding hydrogens is 365 g/mol. The second-order valence-electron chi connectivity index (χ2n) is 7.34. The van der Waals surface area contributed by atoms with Gasteiger partial charge in [0, 0.05) is 36.1 Å². The van der Waals surface area contributed by atoms with Crippen LogP contribution in [-0.2, 0) is 28.4 Å². The van der Waals surface area contributed by atoms with E-state index in [1.54, 1.807) is 28.0 Å². The minimum absolute atomic E-state index is 0.149. The lowest BCUT2D eigenvalue weighted by Gasteiger charge is -2.29. The molecule has 3 heterocycles. The molecule has 1 aliphatic heterocycles. The zero-order chi connectivity index (χ0) is 19.1. The monoisotopic (exact) mass is 385 g/mol. The second-order valence-corrected chi connectivity index (χ2v) is 7.34. The summed E-state index contributed by atoms with van der Waals surface area (Å²) in [4.78, 5) is 4.03. The van der Waals surface area contributed by atoms with Crippen LogP contribution in [0, 0.1) is 5.82 Å². The van der Waals surface area contributed by atoms with Gasteiger partial charge in [0.25, 0.3) is 0 Å². The molecule has 2 aliphatic rings. The molecule has 28 heavy (non-hydrogen) atoms.